The lowest BCUT2D eigenvalue weighted by atomic mass is 10.0. The molecule has 1 aliphatic heterocycles. The van der Waals surface area contributed by atoms with E-state index in [0.717, 1.165) is 40.8 Å². The molecule has 4 aromatic rings. The molecule has 1 atom stereocenters. The van der Waals surface area contributed by atoms with E-state index < -0.39 is 16.1 Å². The number of methoxy groups -OCH3 is 1. The zero-order chi connectivity index (χ0) is 32.4. The van der Waals surface area contributed by atoms with E-state index in [0.29, 0.717) is 32.5 Å². The average Bonchev–Trinajstić information content (AvgIpc) is 3.65. The predicted octanol–water partition coefficient (Wildman–Crippen LogP) is 5.54. The van der Waals surface area contributed by atoms with Crippen molar-refractivity contribution in [3.8, 4) is 5.75 Å². The number of carbonyl (C=O) groups is 2. The molecule has 0 saturated carbocycles. The fourth-order valence-corrected chi connectivity index (χ4v) is 7.25. The lowest BCUT2D eigenvalue weighted by molar-refractivity contribution is -0.141. The van der Waals surface area contributed by atoms with E-state index in [9.17, 15) is 18.0 Å². The van der Waals surface area contributed by atoms with Gasteiger partial charge in [0.1, 0.15) is 11.8 Å². The number of amides is 2. The summed E-state index contributed by atoms with van der Waals surface area (Å²) in [6.45, 7) is 1.77. The van der Waals surface area contributed by atoms with Crippen molar-refractivity contribution in [1.82, 2.24) is 14.5 Å². The minimum absolute atomic E-state index is 0.160. The number of ether oxygens (including phenoxy) is 1. The van der Waals surface area contributed by atoms with Gasteiger partial charge >= 0.3 is 0 Å². The summed E-state index contributed by atoms with van der Waals surface area (Å²) in [6.07, 6.45) is 2.96. The standard InChI is InChI=1S/C37H41N3O5S/c1-45-33-19-14-30(15-20-33)24-25-38-37(42)36(32-12-6-3-7-13-32)40(28-31-10-4-2-5-11-31)35(41)23-18-29-16-21-34(22-17-29)46(43,44)39-26-8-9-27-39/h2-7,10-17,19-22,36H,8-9,18,23-28H2,1H3,(H,38,42). The number of hydrogen-bond acceptors (Lipinski definition) is 5. The zero-order valence-corrected chi connectivity index (χ0v) is 27.0. The maximum Gasteiger partial charge on any atom is 0.247 e. The molecule has 0 radical (unpaired) electrons. The summed E-state index contributed by atoms with van der Waals surface area (Å²) < 4.78 is 32.7. The summed E-state index contributed by atoms with van der Waals surface area (Å²) in [5.74, 6) is 0.354. The van der Waals surface area contributed by atoms with Gasteiger partial charge in [0.05, 0.1) is 12.0 Å². The van der Waals surface area contributed by atoms with Gasteiger partial charge in [0.25, 0.3) is 0 Å². The van der Waals surface area contributed by atoms with Gasteiger partial charge in [0.2, 0.25) is 21.8 Å². The topological polar surface area (TPSA) is 96.0 Å². The highest BCUT2D eigenvalue weighted by atomic mass is 32.2. The number of benzene rings is 4. The molecule has 8 nitrogen and oxygen atoms in total. The van der Waals surface area contributed by atoms with E-state index in [1.165, 1.54) is 4.31 Å². The zero-order valence-electron chi connectivity index (χ0n) is 26.2. The summed E-state index contributed by atoms with van der Waals surface area (Å²) in [6, 6.07) is 32.7. The van der Waals surface area contributed by atoms with Crippen LogP contribution in [-0.4, -0.2) is 56.2 Å². The lowest BCUT2D eigenvalue weighted by Crippen LogP contribution is -2.44. The van der Waals surface area contributed by atoms with Gasteiger partial charge < -0.3 is 15.0 Å². The van der Waals surface area contributed by atoms with Crippen LogP contribution in [0.5, 0.6) is 5.75 Å². The Morgan fingerprint density at radius 1 is 0.783 bits per heavy atom. The van der Waals surface area contributed by atoms with E-state index in [1.54, 1.807) is 36.3 Å². The fourth-order valence-electron chi connectivity index (χ4n) is 5.73. The van der Waals surface area contributed by atoms with Crippen LogP contribution in [0.4, 0.5) is 0 Å². The molecule has 1 saturated heterocycles. The summed E-state index contributed by atoms with van der Waals surface area (Å²) in [5.41, 5.74) is 3.56. The van der Waals surface area contributed by atoms with Gasteiger partial charge in [0, 0.05) is 32.6 Å². The van der Waals surface area contributed by atoms with Crippen LogP contribution in [0.3, 0.4) is 0 Å². The average molecular weight is 640 g/mol. The third kappa shape index (κ3) is 8.41. The molecule has 1 N–H and O–H groups in total. The number of sulfonamides is 1. The van der Waals surface area contributed by atoms with Crippen LogP contribution in [0.2, 0.25) is 0 Å². The van der Waals surface area contributed by atoms with Gasteiger partial charge in [-0.25, -0.2) is 8.42 Å². The van der Waals surface area contributed by atoms with Crippen LogP contribution in [0.25, 0.3) is 0 Å². The Hall–Kier alpha value is -4.47. The number of nitrogens with one attached hydrogen (secondary N) is 1. The molecular weight excluding hydrogens is 598 g/mol. The van der Waals surface area contributed by atoms with Crippen LogP contribution in [0, 0.1) is 0 Å². The SMILES string of the molecule is COc1ccc(CCNC(=O)C(c2ccccc2)N(Cc2ccccc2)C(=O)CCc2ccc(S(=O)(=O)N3CCCC3)cc2)cc1. The minimum Gasteiger partial charge on any atom is -0.497 e. The maximum absolute atomic E-state index is 14.0. The molecule has 1 fully saturated rings. The molecule has 1 aliphatic rings. The number of aryl methyl sites for hydroxylation is 1. The summed E-state index contributed by atoms with van der Waals surface area (Å²) >= 11 is 0. The molecule has 1 unspecified atom stereocenters. The maximum atomic E-state index is 14.0. The van der Waals surface area contributed by atoms with Crippen molar-refractivity contribution in [2.24, 2.45) is 0 Å². The van der Waals surface area contributed by atoms with Crippen LogP contribution < -0.4 is 10.1 Å². The van der Waals surface area contributed by atoms with Gasteiger partial charge in [-0.1, -0.05) is 84.9 Å². The quantitative estimate of drug-likeness (QED) is 0.196. The van der Waals surface area contributed by atoms with E-state index in [1.807, 2.05) is 84.9 Å². The number of hydrogen-bond donors (Lipinski definition) is 1. The summed E-state index contributed by atoms with van der Waals surface area (Å²) in [7, 11) is -1.88. The summed E-state index contributed by atoms with van der Waals surface area (Å²) in [5, 5.41) is 3.07. The molecular formula is C37H41N3O5S. The monoisotopic (exact) mass is 639 g/mol. The lowest BCUT2D eigenvalue weighted by Gasteiger charge is -2.32. The van der Waals surface area contributed by atoms with Crippen molar-refractivity contribution >= 4 is 21.8 Å². The molecule has 2 amide bonds. The molecule has 1 heterocycles. The molecule has 0 aliphatic carbocycles. The van der Waals surface area contributed by atoms with Crippen molar-refractivity contribution in [3.63, 3.8) is 0 Å². The Morgan fingerprint density at radius 2 is 1.37 bits per heavy atom. The van der Waals surface area contributed by atoms with Crippen molar-refractivity contribution in [2.75, 3.05) is 26.7 Å². The Kier molecular flexibility index (Phi) is 11.2. The Labute approximate surface area is 272 Å². The van der Waals surface area contributed by atoms with Gasteiger partial charge in [-0.05, 0) is 72.2 Å². The minimum atomic E-state index is -3.51. The fraction of sp³-hybridized carbons (Fsp3) is 0.297. The van der Waals surface area contributed by atoms with E-state index in [4.69, 9.17) is 4.74 Å². The van der Waals surface area contributed by atoms with Crippen molar-refractivity contribution in [1.29, 1.82) is 0 Å². The third-order valence-electron chi connectivity index (χ3n) is 8.32. The molecule has 0 bridgehead atoms. The molecule has 9 heteroatoms. The normalized spacial score (nSPS) is 14.0. The second-order valence-corrected chi connectivity index (χ2v) is 13.4. The van der Waals surface area contributed by atoms with E-state index in [-0.39, 0.29) is 29.7 Å². The molecule has 5 rings (SSSR count). The first-order valence-corrected chi connectivity index (χ1v) is 17.2. The predicted molar refractivity (Wildman–Crippen MR) is 179 cm³/mol. The van der Waals surface area contributed by atoms with Crippen molar-refractivity contribution in [2.45, 2.75) is 49.6 Å². The second-order valence-electron chi connectivity index (χ2n) is 11.5. The van der Waals surface area contributed by atoms with Crippen LogP contribution in [-0.2, 0) is 39.0 Å². The van der Waals surface area contributed by atoms with Crippen LogP contribution >= 0.6 is 0 Å². The van der Waals surface area contributed by atoms with Gasteiger partial charge in [-0.3, -0.25) is 9.59 Å². The first kappa shape index (κ1) is 32.9. The smallest absolute Gasteiger partial charge is 0.247 e. The second kappa shape index (κ2) is 15.7. The van der Waals surface area contributed by atoms with Crippen LogP contribution in [0.15, 0.2) is 114 Å². The van der Waals surface area contributed by atoms with Crippen molar-refractivity contribution in [3.05, 3.63) is 131 Å². The Balaban J connectivity index is 1.32. The first-order valence-electron chi connectivity index (χ1n) is 15.7. The third-order valence-corrected chi connectivity index (χ3v) is 10.2. The van der Waals surface area contributed by atoms with E-state index >= 15 is 0 Å². The Bertz CT molecular complexity index is 1670. The summed E-state index contributed by atoms with van der Waals surface area (Å²) in [4.78, 5) is 29.8. The number of rotatable bonds is 14. The highest BCUT2D eigenvalue weighted by Gasteiger charge is 2.31. The van der Waals surface area contributed by atoms with Crippen LogP contribution in [0.1, 0.15) is 47.6 Å². The molecule has 240 valence electrons. The highest BCUT2D eigenvalue weighted by molar-refractivity contribution is 7.89. The molecule has 0 spiro atoms. The highest BCUT2D eigenvalue weighted by Crippen LogP contribution is 2.26. The Morgan fingerprint density at radius 3 is 2.00 bits per heavy atom. The molecule has 4 aromatic carbocycles. The molecule has 0 aromatic heterocycles. The van der Waals surface area contributed by atoms with Gasteiger partial charge in [-0.15, -0.1) is 0 Å². The first-order chi connectivity index (χ1) is 22.3. The van der Waals surface area contributed by atoms with Crippen molar-refractivity contribution < 1.29 is 22.7 Å². The number of carbonyl (C=O) groups excluding carboxylic acids is 2. The van der Waals surface area contributed by atoms with E-state index in [2.05, 4.69) is 5.32 Å². The molecule has 46 heavy (non-hydrogen) atoms. The number of nitrogens with zero attached hydrogens (tertiary/aromatic N) is 2. The van der Waals surface area contributed by atoms with Gasteiger partial charge in [0.15, 0.2) is 0 Å². The largest absolute Gasteiger partial charge is 0.497 e. The van der Waals surface area contributed by atoms with Gasteiger partial charge in [-0.2, -0.15) is 4.31 Å².